The average molecular weight is 356 g/mol. The first-order chi connectivity index (χ1) is 13.3. The van der Waals surface area contributed by atoms with E-state index < -0.39 is 6.09 Å². The van der Waals surface area contributed by atoms with Crippen LogP contribution in [0.5, 0.6) is 0 Å². The minimum absolute atomic E-state index is 0.216. The Morgan fingerprint density at radius 3 is 2.30 bits per heavy atom. The molecule has 0 aliphatic carbocycles. The molecule has 0 aliphatic rings. The van der Waals surface area contributed by atoms with Crippen molar-refractivity contribution in [3.8, 4) is 11.8 Å². The van der Waals surface area contributed by atoms with E-state index >= 15 is 0 Å². The monoisotopic (exact) mass is 356 g/mol. The number of nitrogens with one attached hydrogen (secondary N) is 2. The van der Waals surface area contributed by atoms with Gasteiger partial charge in [-0.2, -0.15) is 0 Å². The van der Waals surface area contributed by atoms with E-state index in [1.165, 1.54) is 0 Å². The lowest BCUT2D eigenvalue weighted by molar-refractivity contribution is 0.141. The molecule has 4 nitrogen and oxygen atoms in total. The maximum atomic E-state index is 11.7. The van der Waals surface area contributed by atoms with Crippen LogP contribution in [0.15, 0.2) is 84.9 Å². The molecule has 3 aromatic rings. The van der Waals surface area contributed by atoms with Gasteiger partial charge in [-0.3, -0.25) is 0 Å². The molecule has 4 heteroatoms. The molecular weight excluding hydrogens is 336 g/mol. The summed E-state index contributed by atoms with van der Waals surface area (Å²) in [6.45, 7) is 0.456. The number of carbonyl (C=O) groups excluding carboxylic acids is 1. The zero-order valence-corrected chi connectivity index (χ0v) is 14.8. The summed E-state index contributed by atoms with van der Waals surface area (Å²) in [5.41, 5.74) is 3.72. The number of anilines is 2. The first-order valence-electron chi connectivity index (χ1n) is 8.66. The summed E-state index contributed by atoms with van der Waals surface area (Å²) < 4.78 is 5.15. The molecule has 27 heavy (non-hydrogen) atoms. The molecule has 0 heterocycles. The highest BCUT2D eigenvalue weighted by Gasteiger charge is 2.01. The number of benzene rings is 3. The number of alkyl carbamates (subject to hydrolysis) is 1. The lowest BCUT2D eigenvalue weighted by atomic mass is 10.1. The number of para-hydroxylation sites is 2. The molecule has 3 rings (SSSR count). The number of hydrogen-bond donors (Lipinski definition) is 2. The maximum absolute atomic E-state index is 11.7. The molecule has 0 spiro atoms. The van der Waals surface area contributed by atoms with Gasteiger partial charge in [0.2, 0.25) is 0 Å². The van der Waals surface area contributed by atoms with Gasteiger partial charge in [0.15, 0.2) is 0 Å². The Morgan fingerprint density at radius 1 is 0.852 bits per heavy atom. The SMILES string of the molecule is O=C(NCC#Cc1ccccc1Nc1ccccc1)OCc1ccccc1. The number of rotatable bonds is 5. The fourth-order valence-electron chi connectivity index (χ4n) is 2.41. The number of ether oxygens (including phenoxy) is 1. The minimum Gasteiger partial charge on any atom is -0.445 e. The third-order valence-corrected chi connectivity index (χ3v) is 3.74. The normalized spacial score (nSPS) is 9.63. The molecule has 0 atom stereocenters. The summed E-state index contributed by atoms with van der Waals surface area (Å²) in [6, 6.07) is 27.2. The van der Waals surface area contributed by atoms with Gasteiger partial charge in [-0.05, 0) is 29.8 Å². The Hall–Kier alpha value is -3.71. The van der Waals surface area contributed by atoms with E-state index in [0.717, 1.165) is 22.5 Å². The van der Waals surface area contributed by atoms with Crippen molar-refractivity contribution in [3.05, 3.63) is 96.1 Å². The number of carbonyl (C=O) groups is 1. The van der Waals surface area contributed by atoms with Crippen molar-refractivity contribution < 1.29 is 9.53 Å². The van der Waals surface area contributed by atoms with E-state index in [-0.39, 0.29) is 13.2 Å². The quantitative estimate of drug-likeness (QED) is 0.651. The maximum Gasteiger partial charge on any atom is 0.408 e. The summed E-state index contributed by atoms with van der Waals surface area (Å²) in [5.74, 6) is 6.03. The smallest absolute Gasteiger partial charge is 0.408 e. The van der Waals surface area contributed by atoms with Crippen LogP contribution in [-0.4, -0.2) is 12.6 Å². The van der Waals surface area contributed by atoms with Crippen LogP contribution in [0.2, 0.25) is 0 Å². The molecule has 0 fully saturated rings. The second-order valence-corrected chi connectivity index (χ2v) is 5.75. The summed E-state index contributed by atoms with van der Waals surface area (Å²) >= 11 is 0. The van der Waals surface area contributed by atoms with Gasteiger partial charge in [0.05, 0.1) is 12.2 Å². The molecule has 0 radical (unpaired) electrons. The van der Waals surface area contributed by atoms with Gasteiger partial charge in [0, 0.05) is 11.3 Å². The van der Waals surface area contributed by atoms with E-state index in [1.54, 1.807) is 0 Å². The van der Waals surface area contributed by atoms with Crippen molar-refractivity contribution in [2.75, 3.05) is 11.9 Å². The molecule has 1 amide bonds. The highest BCUT2D eigenvalue weighted by Crippen LogP contribution is 2.19. The molecular formula is C23H20N2O2. The van der Waals surface area contributed by atoms with Crippen molar-refractivity contribution >= 4 is 17.5 Å². The van der Waals surface area contributed by atoms with Crippen LogP contribution in [-0.2, 0) is 11.3 Å². The van der Waals surface area contributed by atoms with Gasteiger partial charge in [0.1, 0.15) is 6.61 Å². The van der Waals surface area contributed by atoms with Crippen LogP contribution >= 0.6 is 0 Å². The van der Waals surface area contributed by atoms with Gasteiger partial charge >= 0.3 is 6.09 Å². The molecule has 0 aliphatic heterocycles. The lowest BCUT2D eigenvalue weighted by Crippen LogP contribution is -2.24. The Bertz CT molecular complexity index is 929. The first-order valence-corrected chi connectivity index (χ1v) is 8.66. The summed E-state index contributed by atoms with van der Waals surface area (Å²) in [7, 11) is 0. The summed E-state index contributed by atoms with van der Waals surface area (Å²) in [6.07, 6.45) is -0.483. The van der Waals surface area contributed by atoms with E-state index in [2.05, 4.69) is 22.5 Å². The van der Waals surface area contributed by atoms with Crippen LogP contribution in [0.3, 0.4) is 0 Å². The lowest BCUT2D eigenvalue weighted by Gasteiger charge is -2.08. The van der Waals surface area contributed by atoms with Crippen LogP contribution < -0.4 is 10.6 Å². The predicted octanol–water partition coefficient (Wildman–Crippen LogP) is 4.71. The summed E-state index contributed by atoms with van der Waals surface area (Å²) in [4.78, 5) is 11.7. The van der Waals surface area contributed by atoms with Gasteiger partial charge in [-0.25, -0.2) is 4.79 Å². The molecule has 0 aromatic heterocycles. The Labute approximate surface area is 159 Å². The van der Waals surface area contributed by atoms with Crippen LogP contribution in [0.4, 0.5) is 16.2 Å². The summed E-state index contributed by atoms with van der Waals surface area (Å²) in [5, 5.41) is 5.98. The predicted molar refractivity (Wildman–Crippen MR) is 108 cm³/mol. The fraction of sp³-hybridized carbons (Fsp3) is 0.0870. The van der Waals surface area contributed by atoms with Crippen molar-refractivity contribution in [2.45, 2.75) is 6.61 Å². The first kappa shape index (κ1) is 18.1. The molecule has 2 N–H and O–H groups in total. The molecule has 0 saturated carbocycles. The van der Waals surface area contributed by atoms with E-state index in [0.29, 0.717) is 0 Å². The average Bonchev–Trinajstić information content (AvgIpc) is 2.72. The van der Waals surface area contributed by atoms with E-state index in [9.17, 15) is 4.79 Å². The largest absolute Gasteiger partial charge is 0.445 e. The van der Waals surface area contributed by atoms with Crippen molar-refractivity contribution in [3.63, 3.8) is 0 Å². The second-order valence-electron chi connectivity index (χ2n) is 5.75. The van der Waals surface area contributed by atoms with Crippen molar-refractivity contribution in [2.24, 2.45) is 0 Å². The number of hydrogen-bond acceptors (Lipinski definition) is 3. The van der Waals surface area contributed by atoms with Crippen LogP contribution in [0.25, 0.3) is 0 Å². The molecule has 134 valence electrons. The second kappa shape index (κ2) is 9.69. The van der Waals surface area contributed by atoms with E-state index in [4.69, 9.17) is 4.74 Å². The van der Waals surface area contributed by atoms with Crippen LogP contribution in [0.1, 0.15) is 11.1 Å². The highest BCUT2D eigenvalue weighted by atomic mass is 16.5. The van der Waals surface area contributed by atoms with Gasteiger partial charge in [-0.1, -0.05) is 72.5 Å². The molecule has 0 unspecified atom stereocenters. The molecule has 3 aromatic carbocycles. The highest BCUT2D eigenvalue weighted by molar-refractivity contribution is 5.68. The standard InChI is InChI=1S/C23H20N2O2/c26-23(27-18-19-10-3-1-4-11-19)24-17-9-13-20-12-7-8-16-22(20)25-21-14-5-2-6-15-21/h1-8,10-12,14-16,25H,17-18H2,(H,24,26). The Balaban J connectivity index is 1.51. The van der Waals surface area contributed by atoms with Crippen molar-refractivity contribution in [1.29, 1.82) is 0 Å². The Kier molecular flexibility index (Phi) is 6.49. The van der Waals surface area contributed by atoms with Gasteiger partial charge < -0.3 is 15.4 Å². The zero-order valence-electron chi connectivity index (χ0n) is 14.8. The molecule has 0 bridgehead atoms. The van der Waals surface area contributed by atoms with Crippen molar-refractivity contribution in [1.82, 2.24) is 5.32 Å². The van der Waals surface area contributed by atoms with Gasteiger partial charge in [-0.15, -0.1) is 0 Å². The zero-order chi connectivity index (χ0) is 18.7. The van der Waals surface area contributed by atoms with Gasteiger partial charge in [0.25, 0.3) is 0 Å². The minimum atomic E-state index is -0.483. The fourth-order valence-corrected chi connectivity index (χ4v) is 2.41. The third-order valence-electron chi connectivity index (χ3n) is 3.74. The molecule has 0 saturated heterocycles. The number of amides is 1. The van der Waals surface area contributed by atoms with E-state index in [1.807, 2.05) is 84.9 Å². The third kappa shape index (κ3) is 5.94. The topological polar surface area (TPSA) is 50.4 Å². The Morgan fingerprint density at radius 2 is 1.52 bits per heavy atom. The van der Waals surface area contributed by atoms with Crippen LogP contribution in [0, 0.1) is 11.8 Å².